The van der Waals surface area contributed by atoms with E-state index in [0.29, 0.717) is 17.0 Å². The predicted molar refractivity (Wildman–Crippen MR) is 147 cm³/mol. The van der Waals surface area contributed by atoms with Crippen molar-refractivity contribution in [2.24, 2.45) is 4.99 Å². The molecule has 0 N–H and O–H groups in total. The first-order chi connectivity index (χ1) is 16.3. The third-order valence-corrected chi connectivity index (χ3v) is 6.43. The van der Waals surface area contributed by atoms with E-state index in [1.165, 1.54) is 0 Å². The maximum Gasteiger partial charge on any atom is 0.678 e. The van der Waals surface area contributed by atoms with Crippen LogP contribution in [0, 0.1) is 10.5 Å². The Morgan fingerprint density at radius 3 is 2.24 bits per heavy atom. The smallest absolute Gasteiger partial charge is 0.497 e. The van der Waals surface area contributed by atoms with Crippen LogP contribution >= 0.6 is 22.6 Å². The number of aryl methyl sites for hydroxylation is 1. The van der Waals surface area contributed by atoms with Crippen molar-refractivity contribution in [3.8, 4) is 5.75 Å². The molecule has 0 fully saturated rings. The Bertz CT molecular complexity index is 1330. The van der Waals surface area contributed by atoms with Gasteiger partial charge in [0.25, 0.3) is 0 Å². The van der Waals surface area contributed by atoms with Crippen molar-refractivity contribution in [1.29, 1.82) is 0 Å². The summed E-state index contributed by atoms with van der Waals surface area (Å²) >= 11 is 2.24. The van der Waals surface area contributed by atoms with E-state index in [2.05, 4.69) is 22.6 Å². The Morgan fingerprint density at radius 2 is 1.68 bits per heavy atom. The maximum atomic E-state index is 14.6. The number of benzene rings is 2. The van der Waals surface area contributed by atoms with Gasteiger partial charge in [-0.3, -0.25) is 13.6 Å². The molecule has 2 aromatic carbocycles. The van der Waals surface area contributed by atoms with Crippen LogP contribution in [0.25, 0.3) is 17.7 Å². The fourth-order valence-electron chi connectivity index (χ4n) is 4.17. The minimum atomic E-state index is -2.71. The molecule has 1 aromatic heterocycles. The molecule has 0 unspecified atom stereocenters. The lowest BCUT2D eigenvalue weighted by Crippen LogP contribution is -2.18. The molecular weight excluding hydrogens is 544 g/mol. The number of nitrogens with zero attached hydrogens (tertiary/aromatic N) is 2. The van der Waals surface area contributed by atoms with E-state index in [9.17, 15) is 8.63 Å². The predicted octanol–water partition coefficient (Wildman–Crippen LogP) is 7.53. The van der Waals surface area contributed by atoms with Crippen LogP contribution in [0.3, 0.4) is 0 Å². The van der Waals surface area contributed by atoms with E-state index >= 15 is 0 Å². The van der Waals surface area contributed by atoms with Crippen LogP contribution in [0.1, 0.15) is 41.9 Å². The average Bonchev–Trinajstić information content (AvgIpc) is 3.32. The van der Waals surface area contributed by atoms with E-state index in [1.807, 2.05) is 81.5 Å². The normalized spacial score (nSPS) is 14.9. The van der Waals surface area contributed by atoms with Crippen molar-refractivity contribution >= 4 is 53.4 Å². The molecule has 0 atom stereocenters. The second kappa shape index (κ2) is 10.1. The van der Waals surface area contributed by atoms with Gasteiger partial charge in [-0.15, -0.1) is 0 Å². The lowest BCUT2D eigenvalue weighted by molar-refractivity contribution is 0.415. The number of aromatic nitrogens is 1. The van der Waals surface area contributed by atoms with Crippen LogP contribution in [-0.4, -0.2) is 24.7 Å². The molecule has 172 valence electrons. The van der Waals surface area contributed by atoms with Crippen LogP contribution in [-0.2, 0) is 0 Å². The number of rotatable bonds is 6. The second-order valence-corrected chi connectivity index (χ2v) is 9.41. The highest BCUT2D eigenvalue weighted by Gasteiger charge is 2.29. The molecular formula is C27H24BF2IN2O. The molecule has 34 heavy (non-hydrogen) atoms. The van der Waals surface area contributed by atoms with Crippen LogP contribution in [0.4, 0.5) is 8.63 Å². The zero-order chi connectivity index (χ0) is 24.4. The first-order valence-corrected chi connectivity index (χ1v) is 11.9. The highest BCUT2D eigenvalue weighted by atomic mass is 127. The standard InChI is InChI=1S/C27H24BF2IN2O/c1-17-15-19(3)32-26(17)25(21-8-10-22(31)11-9-21)27-18(2)16-23(33(27)28(29)30)12-5-20-6-13-24(34-4)14-7-20/h5-16H,1-4H3/b12-5+,26-25-. The number of ether oxygens (including phenoxy) is 1. The van der Waals surface area contributed by atoms with Crippen molar-refractivity contribution in [3.05, 3.63) is 104 Å². The minimum Gasteiger partial charge on any atom is -0.497 e. The summed E-state index contributed by atoms with van der Waals surface area (Å²) in [7, 11) is -1.11. The van der Waals surface area contributed by atoms with Crippen molar-refractivity contribution in [2.45, 2.75) is 20.8 Å². The highest BCUT2D eigenvalue weighted by molar-refractivity contribution is 14.1. The van der Waals surface area contributed by atoms with Gasteiger partial charge in [-0.2, -0.15) is 0 Å². The van der Waals surface area contributed by atoms with Gasteiger partial charge < -0.3 is 9.21 Å². The molecule has 0 saturated carbocycles. The van der Waals surface area contributed by atoms with Crippen molar-refractivity contribution in [1.82, 2.24) is 4.48 Å². The molecule has 0 spiro atoms. The third kappa shape index (κ3) is 4.94. The van der Waals surface area contributed by atoms with Gasteiger partial charge in [0.05, 0.1) is 12.8 Å². The largest absolute Gasteiger partial charge is 0.678 e. The molecule has 0 amide bonds. The molecule has 3 aromatic rings. The molecule has 0 radical (unpaired) electrons. The van der Waals surface area contributed by atoms with Gasteiger partial charge in [-0.25, -0.2) is 0 Å². The summed E-state index contributed by atoms with van der Waals surface area (Å²) in [6.07, 6.45) is 5.54. The molecule has 0 bridgehead atoms. The first kappa shape index (κ1) is 24.2. The second-order valence-electron chi connectivity index (χ2n) is 8.17. The maximum absolute atomic E-state index is 14.6. The summed E-state index contributed by atoms with van der Waals surface area (Å²) in [5.41, 5.74) is 6.70. The van der Waals surface area contributed by atoms with Crippen LogP contribution in [0.15, 0.2) is 76.9 Å². The van der Waals surface area contributed by atoms with Gasteiger partial charge in [-0.05, 0) is 108 Å². The summed E-state index contributed by atoms with van der Waals surface area (Å²) in [6, 6.07) is 17.2. The number of hydrogen-bond acceptors (Lipinski definition) is 2. The quantitative estimate of drug-likeness (QED) is 0.223. The van der Waals surface area contributed by atoms with E-state index in [1.54, 1.807) is 19.3 Å². The Morgan fingerprint density at radius 1 is 1.00 bits per heavy atom. The van der Waals surface area contributed by atoms with Gasteiger partial charge in [0.15, 0.2) is 0 Å². The SMILES string of the molecule is COc1ccc(/C=C/c2cc(C)c(/C(=C3\N=C(C)C=C3C)c3ccc(I)cc3)n2B(F)F)cc1. The van der Waals surface area contributed by atoms with E-state index in [4.69, 9.17) is 9.73 Å². The Balaban J connectivity index is 1.90. The number of allylic oxidation sites excluding steroid dienone is 2. The lowest BCUT2D eigenvalue weighted by atomic mass is 9.95. The van der Waals surface area contributed by atoms with Gasteiger partial charge in [-0.1, -0.05) is 30.3 Å². The molecule has 4 rings (SSSR count). The van der Waals surface area contributed by atoms with Crippen molar-refractivity contribution < 1.29 is 13.4 Å². The molecule has 7 heteroatoms. The first-order valence-electron chi connectivity index (χ1n) is 10.8. The van der Waals surface area contributed by atoms with Crippen molar-refractivity contribution in [2.75, 3.05) is 7.11 Å². The van der Waals surface area contributed by atoms with E-state index in [0.717, 1.165) is 47.5 Å². The zero-order valence-electron chi connectivity index (χ0n) is 19.4. The molecule has 1 aliphatic rings. The Hall–Kier alpha value is -2.94. The Labute approximate surface area is 212 Å². The van der Waals surface area contributed by atoms with Gasteiger partial charge in [0, 0.05) is 26.2 Å². The summed E-state index contributed by atoms with van der Waals surface area (Å²) < 4.78 is 36.5. The Kier molecular flexibility index (Phi) is 7.21. The summed E-state index contributed by atoms with van der Waals surface area (Å²) in [5.74, 6) is 0.746. The number of methoxy groups -OCH3 is 1. The molecule has 1 aliphatic heterocycles. The molecule has 0 aliphatic carbocycles. The number of halogens is 3. The van der Waals surface area contributed by atoms with Crippen molar-refractivity contribution in [3.63, 3.8) is 0 Å². The molecule has 3 nitrogen and oxygen atoms in total. The molecule has 2 heterocycles. The topological polar surface area (TPSA) is 26.5 Å². The van der Waals surface area contributed by atoms with Crippen LogP contribution in [0.2, 0.25) is 0 Å². The fourth-order valence-corrected chi connectivity index (χ4v) is 4.53. The van der Waals surface area contributed by atoms with Gasteiger partial charge in [0.2, 0.25) is 0 Å². The number of hydrogen-bond donors (Lipinski definition) is 0. The number of aliphatic imine (C=N–C) groups is 1. The highest BCUT2D eigenvalue weighted by Crippen LogP contribution is 2.37. The summed E-state index contributed by atoms with van der Waals surface area (Å²) in [4.78, 5) is 4.72. The van der Waals surface area contributed by atoms with Crippen LogP contribution in [0.5, 0.6) is 5.75 Å². The monoisotopic (exact) mass is 568 g/mol. The average molecular weight is 568 g/mol. The minimum absolute atomic E-state index is 0.433. The van der Waals surface area contributed by atoms with E-state index < -0.39 is 7.40 Å². The van der Waals surface area contributed by atoms with Crippen LogP contribution < -0.4 is 4.74 Å². The third-order valence-electron chi connectivity index (χ3n) is 5.71. The summed E-state index contributed by atoms with van der Waals surface area (Å²) in [6.45, 7) is 5.76. The fraction of sp³-hybridized carbons (Fsp3) is 0.148. The zero-order valence-corrected chi connectivity index (χ0v) is 21.6. The molecule has 0 saturated heterocycles. The van der Waals surface area contributed by atoms with Gasteiger partial charge >= 0.3 is 7.40 Å². The van der Waals surface area contributed by atoms with Gasteiger partial charge in [0.1, 0.15) is 5.75 Å². The van der Waals surface area contributed by atoms with E-state index in [-0.39, 0.29) is 0 Å². The summed E-state index contributed by atoms with van der Waals surface area (Å²) in [5, 5.41) is 0. The lowest BCUT2D eigenvalue weighted by Gasteiger charge is -2.17.